The minimum absolute atomic E-state index is 0.0874. The van der Waals surface area contributed by atoms with Crippen LogP contribution in [-0.2, 0) is 6.18 Å². The van der Waals surface area contributed by atoms with Crippen LogP contribution < -0.4 is 5.32 Å². The summed E-state index contributed by atoms with van der Waals surface area (Å²) in [6, 6.07) is 12.9. The van der Waals surface area contributed by atoms with Crippen molar-refractivity contribution in [2.75, 3.05) is 6.54 Å². The largest absolute Gasteiger partial charge is 0.451 e. The summed E-state index contributed by atoms with van der Waals surface area (Å²) in [5.74, 6) is -0.873. The molecule has 0 aliphatic rings. The first-order valence-electron chi connectivity index (χ1n) is 8.24. The molecular formula is C20H15F4NO3. The lowest BCUT2D eigenvalue weighted by atomic mass is 10.0. The number of aliphatic hydroxyl groups excluding tert-OH is 1. The topological polar surface area (TPSA) is 62.5 Å². The van der Waals surface area contributed by atoms with Gasteiger partial charge in [0, 0.05) is 12.1 Å². The summed E-state index contributed by atoms with van der Waals surface area (Å²) in [7, 11) is 0. The molecule has 4 nitrogen and oxygen atoms in total. The number of nitrogens with one attached hydrogen (secondary N) is 1. The molecule has 1 amide bonds. The van der Waals surface area contributed by atoms with Crippen LogP contribution in [0.5, 0.6) is 0 Å². The lowest BCUT2D eigenvalue weighted by molar-refractivity contribution is -0.139. The molecule has 0 aliphatic heterocycles. The van der Waals surface area contributed by atoms with Crippen LogP contribution in [0, 0.1) is 5.82 Å². The summed E-state index contributed by atoms with van der Waals surface area (Å²) in [5.41, 5.74) is -0.741. The number of hydrogen-bond donors (Lipinski definition) is 2. The average molecular weight is 393 g/mol. The van der Waals surface area contributed by atoms with Crippen LogP contribution in [-0.4, -0.2) is 17.6 Å². The minimum Gasteiger partial charge on any atom is -0.451 e. The highest BCUT2D eigenvalue weighted by molar-refractivity contribution is 5.92. The van der Waals surface area contributed by atoms with E-state index in [1.165, 1.54) is 48.5 Å². The minimum atomic E-state index is -4.62. The van der Waals surface area contributed by atoms with Crippen molar-refractivity contribution in [1.82, 2.24) is 5.32 Å². The second kappa shape index (κ2) is 7.85. The number of furan rings is 1. The molecule has 28 heavy (non-hydrogen) atoms. The number of amides is 1. The van der Waals surface area contributed by atoms with Gasteiger partial charge in [-0.2, -0.15) is 13.2 Å². The fourth-order valence-corrected chi connectivity index (χ4v) is 2.66. The number of rotatable bonds is 5. The molecule has 1 unspecified atom stereocenters. The molecule has 146 valence electrons. The molecule has 2 N–H and O–H groups in total. The van der Waals surface area contributed by atoms with E-state index in [9.17, 15) is 27.5 Å². The van der Waals surface area contributed by atoms with Gasteiger partial charge >= 0.3 is 6.18 Å². The molecule has 1 atom stereocenters. The van der Waals surface area contributed by atoms with Crippen LogP contribution in [0.4, 0.5) is 17.6 Å². The second-order valence-corrected chi connectivity index (χ2v) is 5.98. The van der Waals surface area contributed by atoms with E-state index in [-0.39, 0.29) is 11.3 Å². The molecule has 0 saturated carbocycles. The molecule has 0 radical (unpaired) electrons. The van der Waals surface area contributed by atoms with Crippen molar-refractivity contribution in [3.8, 4) is 11.3 Å². The van der Waals surface area contributed by atoms with Gasteiger partial charge in [0.2, 0.25) is 0 Å². The van der Waals surface area contributed by atoms with Crippen LogP contribution in [0.15, 0.2) is 65.1 Å². The fraction of sp³-hybridized carbons (Fsp3) is 0.150. The third-order valence-electron chi connectivity index (χ3n) is 4.04. The smallest absolute Gasteiger partial charge is 0.416 e. The predicted octanol–water partition coefficient (Wildman–Crippen LogP) is 4.57. The summed E-state index contributed by atoms with van der Waals surface area (Å²) < 4.78 is 57.4. The number of alkyl halides is 3. The Morgan fingerprint density at radius 2 is 1.71 bits per heavy atom. The average Bonchev–Trinajstić information content (AvgIpc) is 3.16. The zero-order valence-corrected chi connectivity index (χ0v) is 14.3. The van der Waals surface area contributed by atoms with E-state index in [4.69, 9.17) is 4.42 Å². The molecule has 2 aromatic carbocycles. The van der Waals surface area contributed by atoms with Gasteiger partial charge < -0.3 is 14.8 Å². The molecule has 0 saturated heterocycles. The summed E-state index contributed by atoms with van der Waals surface area (Å²) in [4.78, 5) is 12.2. The van der Waals surface area contributed by atoms with Crippen LogP contribution in [0.2, 0.25) is 0 Å². The summed E-state index contributed by atoms with van der Waals surface area (Å²) in [6.45, 7) is -0.432. The van der Waals surface area contributed by atoms with Gasteiger partial charge in [0.15, 0.2) is 5.76 Å². The van der Waals surface area contributed by atoms with Gasteiger partial charge in [0.1, 0.15) is 11.6 Å². The van der Waals surface area contributed by atoms with E-state index >= 15 is 0 Å². The lowest BCUT2D eigenvalue weighted by Gasteiger charge is -2.17. The Labute approximate surface area is 157 Å². The summed E-state index contributed by atoms with van der Waals surface area (Å²) in [6.07, 6.45) is -6.17. The van der Waals surface area contributed by atoms with Crippen molar-refractivity contribution in [1.29, 1.82) is 0 Å². The number of halogens is 4. The van der Waals surface area contributed by atoms with E-state index in [0.717, 1.165) is 12.1 Å². The van der Waals surface area contributed by atoms with Crippen molar-refractivity contribution in [3.63, 3.8) is 0 Å². The van der Waals surface area contributed by atoms with Crippen LogP contribution >= 0.6 is 0 Å². The first-order valence-corrected chi connectivity index (χ1v) is 8.24. The zero-order valence-electron chi connectivity index (χ0n) is 14.3. The highest BCUT2D eigenvalue weighted by Crippen LogP contribution is 2.34. The van der Waals surface area contributed by atoms with Crippen LogP contribution in [0.25, 0.3) is 11.3 Å². The molecule has 1 aromatic heterocycles. The van der Waals surface area contributed by atoms with E-state index in [0.29, 0.717) is 11.3 Å². The maximum Gasteiger partial charge on any atom is 0.416 e. The van der Waals surface area contributed by atoms with Crippen molar-refractivity contribution in [3.05, 3.63) is 83.4 Å². The second-order valence-electron chi connectivity index (χ2n) is 5.98. The lowest BCUT2D eigenvalue weighted by Crippen LogP contribution is -2.29. The van der Waals surface area contributed by atoms with Gasteiger partial charge in [-0.05, 0) is 48.0 Å². The molecule has 0 fully saturated rings. The standard InChI is InChI=1S/C20H15F4NO3/c21-13-7-5-12(6-8-13)17-9-10-18(28-17)19(27)25-11-16(26)14-3-1-2-4-15(14)20(22,23)24/h1-10,16,26H,11H2,(H,25,27). The predicted molar refractivity (Wildman–Crippen MR) is 92.8 cm³/mol. The van der Waals surface area contributed by atoms with Crippen molar-refractivity contribution < 1.29 is 31.9 Å². The van der Waals surface area contributed by atoms with Crippen molar-refractivity contribution in [2.45, 2.75) is 12.3 Å². The number of aliphatic hydroxyl groups is 1. The highest BCUT2D eigenvalue weighted by atomic mass is 19.4. The van der Waals surface area contributed by atoms with Gasteiger partial charge in [0.05, 0.1) is 11.7 Å². The quantitative estimate of drug-likeness (QED) is 0.625. The number of carbonyl (C=O) groups is 1. The summed E-state index contributed by atoms with van der Waals surface area (Å²) in [5, 5.41) is 12.4. The molecular weight excluding hydrogens is 378 g/mol. The van der Waals surface area contributed by atoms with E-state index in [1.54, 1.807) is 0 Å². The van der Waals surface area contributed by atoms with Crippen LogP contribution in [0.1, 0.15) is 27.8 Å². The first-order chi connectivity index (χ1) is 13.3. The van der Waals surface area contributed by atoms with E-state index in [1.807, 2.05) is 0 Å². The third-order valence-corrected chi connectivity index (χ3v) is 4.04. The number of hydrogen-bond acceptors (Lipinski definition) is 3. The molecule has 1 heterocycles. The Kier molecular flexibility index (Phi) is 5.51. The van der Waals surface area contributed by atoms with Gasteiger partial charge in [-0.25, -0.2) is 4.39 Å². The molecule has 8 heteroatoms. The molecule has 0 bridgehead atoms. The SMILES string of the molecule is O=C(NCC(O)c1ccccc1C(F)(F)F)c1ccc(-c2ccc(F)cc2)o1. The Hall–Kier alpha value is -3.13. The first kappa shape index (κ1) is 19.6. The molecule has 0 aliphatic carbocycles. The number of benzene rings is 2. The monoisotopic (exact) mass is 393 g/mol. The maximum atomic E-state index is 13.0. The zero-order chi connectivity index (χ0) is 20.3. The highest BCUT2D eigenvalue weighted by Gasteiger charge is 2.34. The van der Waals surface area contributed by atoms with Crippen LogP contribution in [0.3, 0.4) is 0 Å². The molecule has 3 aromatic rings. The summed E-state index contributed by atoms with van der Waals surface area (Å²) >= 11 is 0. The number of carbonyl (C=O) groups excluding carboxylic acids is 1. The maximum absolute atomic E-state index is 13.0. The Bertz CT molecular complexity index is 964. The molecule has 0 spiro atoms. The van der Waals surface area contributed by atoms with Gasteiger partial charge in [-0.1, -0.05) is 18.2 Å². The van der Waals surface area contributed by atoms with Crippen molar-refractivity contribution in [2.24, 2.45) is 0 Å². The van der Waals surface area contributed by atoms with Crippen molar-refractivity contribution >= 4 is 5.91 Å². The third kappa shape index (κ3) is 4.40. The van der Waals surface area contributed by atoms with E-state index < -0.39 is 36.1 Å². The Balaban J connectivity index is 1.67. The Morgan fingerprint density at radius 3 is 2.39 bits per heavy atom. The van der Waals surface area contributed by atoms with E-state index in [2.05, 4.69) is 5.32 Å². The fourth-order valence-electron chi connectivity index (χ4n) is 2.66. The van der Waals surface area contributed by atoms with Gasteiger partial charge in [-0.15, -0.1) is 0 Å². The molecule has 3 rings (SSSR count). The Morgan fingerprint density at radius 1 is 1.04 bits per heavy atom. The van der Waals surface area contributed by atoms with Gasteiger partial charge in [0.25, 0.3) is 5.91 Å². The van der Waals surface area contributed by atoms with Gasteiger partial charge in [-0.3, -0.25) is 4.79 Å². The normalized spacial score (nSPS) is 12.6.